The highest BCUT2D eigenvalue weighted by atomic mass is 16.5. The maximum Gasteiger partial charge on any atom is 0.259 e. The maximum atomic E-state index is 12.8. The number of pyridine rings is 1. The van der Waals surface area contributed by atoms with E-state index in [1.807, 2.05) is 0 Å². The van der Waals surface area contributed by atoms with E-state index in [4.69, 9.17) is 4.74 Å². The predicted molar refractivity (Wildman–Crippen MR) is 120 cm³/mol. The molecule has 0 aliphatic heterocycles. The first-order valence-corrected chi connectivity index (χ1v) is 10.0. The Bertz CT molecular complexity index is 1220. The molecule has 0 saturated heterocycles. The summed E-state index contributed by atoms with van der Waals surface area (Å²) >= 11 is 0. The van der Waals surface area contributed by atoms with Crippen LogP contribution in [-0.4, -0.2) is 68.8 Å². The molecular formula is C22H22N6O6. The number of aliphatic hydroxyl groups is 2. The summed E-state index contributed by atoms with van der Waals surface area (Å²) < 4.78 is 6.39. The van der Waals surface area contributed by atoms with Crippen molar-refractivity contribution < 1.29 is 29.3 Å². The molecule has 0 saturated carbocycles. The molecule has 3 aromatic rings. The van der Waals surface area contributed by atoms with Crippen molar-refractivity contribution in [1.82, 2.24) is 14.8 Å². The van der Waals surface area contributed by atoms with Gasteiger partial charge in [-0.15, -0.1) is 5.11 Å². The van der Waals surface area contributed by atoms with Gasteiger partial charge < -0.3 is 20.3 Å². The number of nitrogens with zero attached hydrogens (tertiary/aromatic N) is 5. The van der Waals surface area contributed by atoms with Crippen LogP contribution in [0.1, 0.15) is 16.1 Å². The summed E-state index contributed by atoms with van der Waals surface area (Å²) in [5.74, 6) is -1.97. The van der Waals surface area contributed by atoms with Crippen molar-refractivity contribution >= 4 is 29.0 Å². The standard InChI is InChI=1S/C22H22N6O6/c1-13-19(15(31)11-29)21(28(27-13)18-9-5-6-10-23-18)26-25-20(16(32)12-30)22(33)24-14-7-3-4-8-17(14)34-2/h3-10,20,29-30H,11-12H2,1-2H3,(H,24,33). The fraction of sp³-hybridized carbons (Fsp3) is 0.227. The van der Waals surface area contributed by atoms with Crippen LogP contribution in [-0.2, 0) is 9.59 Å². The fourth-order valence-corrected chi connectivity index (χ4v) is 3.06. The summed E-state index contributed by atoms with van der Waals surface area (Å²) in [4.78, 5) is 41.7. The Morgan fingerprint density at radius 1 is 1.12 bits per heavy atom. The molecule has 176 valence electrons. The monoisotopic (exact) mass is 466 g/mol. The molecule has 1 aromatic carbocycles. The van der Waals surface area contributed by atoms with E-state index in [0.29, 0.717) is 11.6 Å². The maximum absolute atomic E-state index is 12.8. The number of aliphatic hydroxyl groups excluding tert-OH is 2. The number of Topliss-reactive ketones (excluding diaryl/α,β-unsaturated/α-hetero) is 2. The highest BCUT2D eigenvalue weighted by Gasteiger charge is 2.28. The van der Waals surface area contributed by atoms with E-state index < -0.39 is 36.7 Å². The van der Waals surface area contributed by atoms with Crippen LogP contribution in [0, 0.1) is 6.92 Å². The van der Waals surface area contributed by atoms with Crippen LogP contribution in [0.3, 0.4) is 0 Å². The molecule has 0 bridgehead atoms. The molecule has 34 heavy (non-hydrogen) atoms. The van der Waals surface area contributed by atoms with Gasteiger partial charge in [-0.05, 0) is 31.2 Å². The quantitative estimate of drug-likeness (QED) is 0.229. The second-order valence-electron chi connectivity index (χ2n) is 6.90. The van der Waals surface area contributed by atoms with E-state index in [1.54, 1.807) is 42.5 Å². The zero-order chi connectivity index (χ0) is 24.7. The second kappa shape index (κ2) is 11.0. The van der Waals surface area contributed by atoms with E-state index in [1.165, 1.54) is 24.9 Å². The number of aromatic nitrogens is 3. The minimum atomic E-state index is -1.74. The van der Waals surface area contributed by atoms with Crippen LogP contribution in [0.25, 0.3) is 5.82 Å². The van der Waals surface area contributed by atoms with Gasteiger partial charge in [0.05, 0.1) is 24.1 Å². The van der Waals surface area contributed by atoms with Gasteiger partial charge in [-0.3, -0.25) is 14.4 Å². The van der Waals surface area contributed by atoms with Crippen LogP contribution in [0.4, 0.5) is 11.5 Å². The minimum Gasteiger partial charge on any atom is -0.495 e. The summed E-state index contributed by atoms with van der Waals surface area (Å²) in [6.45, 7) is -0.249. The van der Waals surface area contributed by atoms with Crippen LogP contribution in [0.5, 0.6) is 5.75 Å². The zero-order valence-corrected chi connectivity index (χ0v) is 18.4. The molecule has 3 rings (SSSR count). The van der Waals surface area contributed by atoms with Crippen LogP contribution >= 0.6 is 0 Å². The number of para-hydroxylation sites is 2. The number of hydrogen-bond acceptors (Lipinski definition) is 10. The highest BCUT2D eigenvalue weighted by molar-refractivity contribution is 6.11. The smallest absolute Gasteiger partial charge is 0.259 e. The number of benzene rings is 1. The third kappa shape index (κ3) is 5.19. The molecule has 0 aliphatic carbocycles. The van der Waals surface area contributed by atoms with Crippen LogP contribution in [0.2, 0.25) is 0 Å². The Labute approximate surface area is 193 Å². The first kappa shape index (κ1) is 24.4. The average Bonchev–Trinajstić information content (AvgIpc) is 3.20. The largest absolute Gasteiger partial charge is 0.495 e. The number of methoxy groups -OCH3 is 1. The van der Waals surface area contributed by atoms with Crippen molar-refractivity contribution in [1.29, 1.82) is 0 Å². The third-order valence-corrected chi connectivity index (χ3v) is 4.67. The van der Waals surface area contributed by atoms with Crippen molar-refractivity contribution in [3.05, 3.63) is 59.9 Å². The van der Waals surface area contributed by atoms with Gasteiger partial charge in [-0.2, -0.15) is 14.9 Å². The van der Waals surface area contributed by atoms with Crippen molar-refractivity contribution in [2.45, 2.75) is 13.0 Å². The Hall–Kier alpha value is -4.29. The summed E-state index contributed by atoms with van der Waals surface area (Å²) in [6, 6.07) is 9.76. The number of carbonyl (C=O) groups excluding carboxylic acids is 3. The fourth-order valence-electron chi connectivity index (χ4n) is 3.06. The normalized spacial score (nSPS) is 11.9. The summed E-state index contributed by atoms with van der Waals surface area (Å²) in [5, 5.41) is 33.3. The van der Waals surface area contributed by atoms with E-state index in [2.05, 4.69) is 25.6 Å². The van der Waals surface area contributed by atoms with Gasteiger partial charge in [0.2, 0.25) is 6.04 Å². The van der Waals surface area contributed by atoms with E-state index >= 15 is 0 Å². The minimum absolute atomic E-state index is 0.0442. The number of aryl methyl sites for hydroxylation is 1. The summed E-state index contributed by atoms with van der Waals surface area (Å²) in [7, 11) is 1.42. The third-order valence-electron chi connectivity index (χ3n) is 4.67. The number of ketones is 2. The Kier molecular flexibility index (Phi) is 7.90. The number of azo groups is 1. The number of ether oxygens (including phenoxy) is 1. The van der Waals surface area contributed by atoms with Gasteiger partial charge in [0, 0.05) is 6.20 Å². The van der Waals surface area contributed by atoms with E-state index in [0.717, 1.165) is 0 Å². The Balaban J connectivity index is 2.03. The zero-order valence-electron chi connectivity index (χ0n) is 18.4. The van der Waals surface area contributed by atoms with E-state index in [-0.39, 0.29) is 22.8 Å². The second-order valence-corrected chi connectivity index (χ2v) is 6.90. The van der Waals surface area contributed by atoms with Crippen molar-refractivity contribution in [2.75, 3.05) is 25.6 Å². The molecule has 12 nitrogen and oxygen atoms in total. The number of rotatable bonds is 10. The molecular weight excluding hydrogens is 444 g/mol. The van der Waals surface area contributed by atoms with Gasteiger partial charge in [0.15, 0.2) is 23.2 Å². The van der Waals surface area contributed by atoms with Crippen molar-refractivity contribution in [3.8, 4) is 11.6 Å². The lowest BCUT2D eigenvalue weighted by Gasteiger charge is -2.13. The number of nitrogens with one attached hydrogen (secondary N) is 1. The number of anilines is 1. The number of carbonyl (C=O) groups is 3. The topological polar surface area (TPSA) is 168 Å². The first-order chi connectivity index (χ1) is 16.4. The van der Waals surface area contributed by atoms with Crippen molar-refractivity contribution in [3.63, 3.8) is 0 Å². The number of amides is 1. The molecule has 0 fully saturated rings. The average molecular weight is 466 g/mol. The molecule has 2 heterocycles. The lowest BCUT2D eigenvalue weighted by Crippen LogP contribution is -2.35. The molecule has 1 unspecified atom stereocenters. The predicted octanol–water partition coefficient (Wildman–Crippen LogP) is 1.41. The van der Waals surface area contributed by atoms with Crippen molar-refractivity contribution in [2.24, 2.45) is 10.2 Å². The van der Waals surface area contributed by atoms with E-state index in [9.17, 15) is 24.6 Å². The molecule has 0 aliphatic rings. The molecule has 0 spiro atoms. The SMILES string of the molecule is COc1ccccc1NC(=O)C(N=Nc1c(C(=O)CO)c(C)nn1-c1ccccn1)C(=O)CO. The summed E-state index contributed by atoms with van der Waals surface area (Å²) in [6.07, 6.45) is 1.50. The van der Waals surface area contributed by atoms with Gasteiger partial charge in [-0.1, -0.05) is 18.2 Å². The van der Waals surface area contributed by atoms with Crippen LogP contribution in [0.15, 0.2) is 58.9 Å². The molecule has 1 atom stereocenters. The Morgan fingerprint density at radius 3 is 2.50 bits per heavy atom. The van der Waals surface area contributed by atoms with Gasteiger partial charge in [0.25, 0.3) is 5.91 Å². The lowest BCUT2D eigenvalue weighted by molar-refractivity contribution is -0.129. The molecule has 0 radical (unpaired) electrons. The molecule has 3 N–H and O–H groups in total. The number of hydrogen-bond donors (Lipinski definition) is 3. The summed E-state index contributed by atoms with van der Waals surface area (Å²) in [5.41, 5.74) is 0.478. The first-order valence-electron chi connectivity index (χ1n) is 10.0. The van der Waals surface area contributed by atoms with Gasteiger partial charge in [0.1, 0.15) is 19.0 Å². The van der Waals surface area contributed by atoms with Gasteiger partial charge in [-0.25, -0.2) is 4.98 Å². The molecule has 12 heteroatoms. The van der Waals surface area contributed by atoms with Crippen LogP contribution < -0.4 is 10.1 Å². The Morgan fingerprint density at radius 2 is 1.85 bits per heavy atom. The molecule has 1 amide bonds. The lowest BCUT2D eigenvalue weighted by atomic mass is 10.1. The highest BCUT2D eigenvalue weighted by Crippen LogP contribution is 2.27. The van der Waals surface area contributed by atoms with Gasteiger partial charge >= 0.3 is 0 Å². The molecule has 2 aromatic heterocycles.